The fourth-order valence-corrected chi connectivity index (χ4v) is 5.80. The van der Waals surface area contributed by atoms with E-state index in [-0.39, 0.29) is 24.2 Å². The smallest absolute Gasteiger partial charge is 0.420 e. The van der Waals surface area contributed by atoms with Crippen molar-refractivity contribution in [1.29, 1.82) is 0 Å². The molecule has 0 heterocycles. The van der Waals surface area contributed by atoms with E-state index in [9.17, 15) is 27.9 Å². The van der Waals surface area contributed by atoms with Crippen LogP contribution in [0.25, 0.3) is 0 Å². The summed E-state index contributed by atoms with van der Waals surface area (Å²) in [6.07, 6.45) is -0.770. The van der Waals surface area contributed by atoms with Gasteiger partial charge in [-0.15, -0.1) is 0 Å². The van der Waals surface area contributed by atoms with Crippen LogP contribution in [0, 0.1) is 22.7 Å². The Morgan fingerprint density at radius 2 is 1.52 bits per heavy atom. The number of alkyl halides is 3. The van der Waals surface area contributed by atoms with E-state index in [1.807, 2.05) is 20.8 Å². The molecule has 3 unspecified atom stereocenters. The Kier molecular flexibility index (Phi) is 5.57. The average Bonchev–Trinajstić information content (AvgIpc) is 2.58. The van der Waals surface area contributed by atoms with E-state index in [1.165, 1.54) is 0 Å². The van der Waals surface area contributed by atoms with Gasteiger partial charge in [-0.3, -0.25) is 9.59 Å². The van der Waals surface area contributed by atoms with Crippen LogP contribution in [0.1, 0.15) is 86.5 Å². The van der Waals surface area contributed by atoms with Crippen LogP contribution < -0.4 is 0 Å². The number of ether oxygens (including phenoxy) is 2. The standard InChI is InChI=1S/C23H35F3O5/c1-7-18(2,3)16(27)31-22-11-14-8-15(12-22)10-21(9-14,13-22)17(28)30-19(4,5)20(6,29)23(24,25)26/h14-15,29H,7-13H2,1-6H3. The molecule has 0 aromatic carbocycles. The van der Waals surface area contributed by atoms with Gasteiger partial charge in [-0.25, -0.2) is 0 Å². The third-order valence-electron chi connectivity index (χ3n) is 8.26. The number of hydrogen-bond donors (Lipinski definition) is 1. The number of halogens is 3. The summed E-state index contributed by atoms with van der Waals surface area (Å²) in [6, 6.07) is 0. The molecule has 4 saturated carbocycles. The summed E-state index contributed by atoms with van der Waals surface area (Å²) < 4.78 is 51.6. The fourth-order valence-electron chi connectivity index (χ4n) is 5.80. The second-order valence-electron chi connectivity index (χ2n) is 11.5. The lowest BCUT2D eigenvalue weighted by molar-refractivity contribution is -0.310. The molecule has 8 heteroatoms. The first kappa shape index (κ1) is 24.3. The molecule has 4 rings (SSSR count). The summed E-state index contributed by atoms with van der Waals surface area (Å²) in [5.74, 6) is -0.706. The predicted octanol–water partition coefficient (Wildman–Crippen LogP) is 4.94. The summed E-state index contributed by atoms with van der Waals surface area (Å²) in [7, 11) is 0. The molecule has 4 aliphatic carbocycles. The van der Waals surface area contributed by atoms with Gasteiger partial charge in [0.05, 0.1) is 10.8 Å². The maximum atomic E-state index is 13.4. The van der Waals surface area contributed by atoms with Crippen molar-refractivity contribution >= 4 is 11.9 Å². The third-order valence-corrected chi connectivity index (χ3v) is 8.26. The van der Waals surface area contributed by atoms with Crippen molar-refractivity contribution in [3.63, 3.8) is 0 Å². The van der Waals surface area contributed by atoms with Gasteiger partial charge in [0.15, 0.2) is 5.60 Å². The lowest BCUT2D eigenvalue weighted by Crippen LogP contribution is -2.64. The second kappa shape index (κ2) is 7.09. The monoisotopic (exact) mass is 448 g/mol. The topological polar surface area (TPSA) is 72.8 Å². The zero-order chi connectivity index (χ0) is 23.7. The van der Waals surface area contributed by atoms with E-state index < -0.39 is 39.8 Å². The molecule has 0 amide bonds. The van der Waals surface area contributed by atoms with Gasteiger partial charge >= 0.3 is 18.1 Å². The molecular weight excluding hydrogens is 413 g/mol. The van der Waals surface area contributed by atoms with Gasteiger partial charge in [0.2, 0.25) is 0 Å². The Hall–Kier alpha value is -1.31. The first-order valence-corrected chi connectivity index (χ1v) is 11.1. The van der Waals surface area contributed by atoms with Crippen LogP contribution in [-0.2, 0) is 19.1 Å². The Labute approximate surface area is 182 Å². The summed E-state index contributed by atoms with van der Waals surface area (Å²) in [5, 5.41) is 10.1. The third kappa shape index (κ3) is 3.98. The first-order chi connectivity index (χ1) is 13.9. The largest absolute Gasteiger partial charge is 0.459 e. The maximum absolute atomic E-state index is 13.4. The minimum absolute atomic E-state index is 0.164. The van der Waals surface area contributed by atoms with Gasteiger partial charge in [-0.2, -0.15) is 13.2 Å². The lowest BCUT2D eigenvalue weighted by atomic mass is 9.47. The van der Waals surface area contributed by atoms with Crippen molar-refractivity contribution in [3.05, 3.63) is 0 Å². The molecule has 0 aromatic heterocycles. The number of carbonyl (C=O) groups excluding carboxylic acids is 2. The van der Waals surface area contributed by atoms with Crippen molar-refractivity contribution in [2.24, 2.45) is 22.7 Å². The Morgan fingerprint density at radius 3 is 1.97 bits per heavy atom. The van der Waals surface area contributed by atoms with Crippen molar-refractivity contribution < 1.29 is 37.3 Å². The normalized spacial score (nSPS) is 34.9. The van der Waals surface area contributed by atoms with Crippen molar-refractivity contribution in [3.8, 4) is 0 Å². The van der Waals surface area contributed by atoms with Crippen LogP contribution in [0.3, 0.4) is 0 Å². The molecule has 0 aliphatic heterocycles. The summed E-state index contributed by atoms with van der Waals surface area (Å²) in [6.45, 7) is 8.34. The van der Waals surface area contributed by atoms with Gasteiger partial charge < -0.3 is 14.6 Å². The summed E-state index contributed by atoms with van der Waals surface area (Å²) >= 11 is 0. The maximum Gasteiger partial charge on any atom is 0.420 e. The number of aliphatic hydroxyl groups is 1. The molecule has 5 nitrogen and oxygen atoms in total. The molecule has 1 N–H and O–H groups in total. The molecule has 0 radical (unpaired) electrons. The predicted molar refractivity (Wildman–Crippen MR) is 107 cm³/mol. The van der Waals surface area contributed by atoms with Crippen LogP contribution in [0.5, 0.6) is 0 Å². The van der Waals surface area contributed by atoms with Crippen LogP contribution in [0.4, 0.5) is 13.2 Å². The molecule has 0 aromatic rings. The Bertz CT molecular complexity index is 739. The average molecular weight is 449 g/mol. The zero-order valence-corrected chi connectivity index (χ0v) is 19.3. The summed E-state index contributed by atoms with van der Waals surface area (Å²) in [4.78, 5) is 26.2. The molecule has 0 spiro atoms. The van der Waals surface area contributed by atoms with Crippen LogP contribution in [0.15, 0.2) is 0 Å². The van der Waals surface area contributed by atoms with Crippen LogP contribution in [0.2, 0.25) is 0 Å². The molecule has 3 atom stereocenters. The number of esters is 2. The van der Waals surface area contributed by atoms with Gasteiger partial charge in [0.1, 0.15) is 11.2 Å². The summed E-state index contributed by atoms with van der Waals surface area (Å²) in [5.41, 5.74) is -7.78. The molecule has 178 valence electrons. The minimum atomic E-state index is -4.96. The van der Waals surface area contributed by atoms with E-state index in [4.69, 9.17) is 9.47 Å². The van der Waals surface area contributed by atoms with Crippen LogP contribution >= 0.6 is 0 Å². The molecule has 4 aliphatic rings. The van der Waals surface area contributed by atoms with E-state index in [0.29, 0.717) is 39.0 Å². The molecule has 4 fully saturated rings. The number of hydrogen-bond acceptors (Lipinski definition) is 5. The molecule has 4 bridgehead atoms. The van der Waals surface area contributed by atoms with Gasteiger partial charge in [-0.05, 0) is 85.0 Å². The van der Waals surface area contributed by atoms with Gasteiger partial charge in [0.25, 0.3) is 0 Å². The molecule has 31 heavy (non-hydrogen) atoms. The minimum Gasteiger partial charge on any atom is -0.459 e. The van der Waals surface area contributed by atoms with E-state index >= 15 is 0 Å². The highest BCUT2D eigenvalue weighted by Gasteiger charge is 2.66. The van der Waals surface area contributed by atoms with Crippen LogP contribution in [-0.4, -0.2) is 40.0 Å². The fraction of sp³-hybridized carbons (Fsp3) is 0.913. The highest BCUT2D eigenvalue weighted by atomic mass is 19.4. The molecular formula is C23H35F3O5. The Morgan fingerprint density at radius 1 is 1.00 bits per heavy atom. The SMILES string of the molecule is CCC(C)(C)C(=O)OC12CC3CC(C1)CC(C(=O)OC(C)(C)C(C)(O)C(F)(F)F)(C3)C2. The van der Waals surface area contributed by atoms with Crippen molar-refractivity contribution in [1.82, 2.24) is 0 Å². The van der Waals surface area contributed by atoms with E-state index in [1.54, 1.807) is 0 Å². The van der Waals surface area contributed by atoms with Crippen molar-refractivity contribution in [2.75, 3.05) is 0 Å². The van der Waals surface area contributed by atoms with E-state index in [2.05, 4.69) is 0 Å². The Balaban J connectivity index is 1.85. The quantitative estimate of drug-likeness (QED) is 0.583. The first-order valence-electron chi connectivity index (χ1n) is 11.1. The highest BCUT2D eigenvalue weighted by molar-refractivity contribution is 5.79. The van der Waals surface area contributed by atoms with E-state index in [0.717, 1.165) is 20.3 Å². The number of carbonyl (C=O) groups is 2. The highest BCUT2D eigenvalue weighted by Crippen LogP contribution is 2.63. The number of rotatable bonds is 6. The molecule has 0 saturated heterocycles. The van der Waals surface area contributed by atoms with Gasteiger partial charge in [-0.1, -0.05) is 6.92 Å². The van der Waals surface area contributed by atoms with Gasteiger partial charge in [0, 0.05) is 6.42 Å². The second-order valence-corrected chi connectivity index (χ2v) is 11.5. The van der Waals surface area contributed by atoms with Crippen molar-refractivity contribution in [2.45, 2.75) is 109 Å². The lowest BCUT2D eigenvalue weighted by Gasteiger charge is -2.60. The zero-order valence-electron chi connectivity index (χ0n) is 19.3.